The largest absolute Gasteiger partial charge is 0.378 e. The van der Waals surface area contributed by atoms with Gasteiger partial charge in [-0.2, -0.15) is 0 Å². The van der Waals surface area contributed by atoms with E-state index in [0.29, 0.717) is 18.9 Å². The molecule has 2 amide bonds. The molecule has 4 rings (SSSR count). The zero-order valence-corrected chi connectivity index (χ0v) is 18.7. The van der Waals surface area contributed by atoms with Crippen LogP contribution in [0.5, 0.6) is 0 Å². The van der Waals surface area contributed by atoms with Gasteiger partial charge in [0.05, 0.1) is 18.9 Å². The highest BCUT2D eigenvalue weighted by Crippen LogP contribution is 2.27. The molecule has 0 spiro atoms. The van der Waals surface area contributed by atoms with Gasteiger partial charge < -0.3 is 9.64 Å². The highest BCUT2D eigenvalue weighted by molar-refractivity contribution is 7.80. The van der Waals surface area contributed by atoms with Crippen LogP contribution in [0.1, 0.15) is 22.3 Å². The molecule has 2 aromatic carbocycles. The first kappa shape index (κ1) is 21.2. The van der Waals surface area contributed by atoms with Gasteiger partial charge in [0.15, 0.2) is 5.11 Å². The molecular formula is C24H25N3O3S. The molecule has 0 unspecified atom stereocenters. The summed E-state index contributed by atoms with van der Waals surface area (Å²) < 4.78 is 5.42. The molecule has 2 aromatic rings. The average Bonchev–Trinajstić information content (AvgIpc) is 2.74. The van der Waals surface area contributed by atoms with Crippen LogP contribution in [-0.2, 0) is 14.3 Å². The number of hydrogen-bond donors (Lipinski definition) is 1. The first-order valence-corrected chi connectivity index (χ1v) is 10.7. The molecule has 0 aromatic heterocycles. The van der Waals surface area contributed by atoms with Crippen LogP contribution in [0.4, 0.5) is 11.4 Å². The first-order chi connectivity index (χ1) is 14.8. The number of nitrogens with one attached hydrogen (secondary N) is 1. The van der Waals surface area contributed by atoms with Gasteiger partial charge in [-0.3, -0.25) is 19.8 Å². The molecule has 2 aliphatic heterocycles. The van der Waals surface area contributed by atoms with E-state index in [4.69, 9.17) is 17.0 Å². The molecule has 2 aliphatic rings. The summed E-state index contributed by atoms with van der Waals surface area (Å²) in [5, 5.41) is 2.76. The fourth-order valence-corrected chi connectivity index (χ4v) is 4.20. The minimum absolute atomic E-state index is 0.0656. The third-order valence-electron chi connectivity index (χ3n) is 5.62. The maximum Gasteiger partial charge on any atom is 0.270 e. The number of hydrogen-bond acceptors (Lipinski definition) is 5. The Morgan fingerprint density at radius 3 is 2.42 bits per heavy atom. The van der Waals surface area contributed by atoms with Crippen LogP contribution in [0.15, 0.2) is 42.0 Å². The predicted molar refractivity (Wildman–Crippen MR) is 126 cm³/mol. The normalized spacial score (nSPS) is 18.5. The molecular weight excluding hydrogens is 410 g/mol. The fourth-order valence-electron chi connectivity index (χ4n) is 3.93. The zero-order chi connectivity index (χ0) is 22.1. The number of carbonyl (C=O) groups is 2. The van der Waals surface area contributed by atoms with Gasteiger partial charge in [0.2, 0.25) is 0 Å². The van der Waals surface area contributed by atoms with Crippen LogP contribution >= 0.6 is 12.2 Å². The van der Waals surface area contributed by atoms with E-state index in [1.54, 1.807) is 6.08 Å². The number of ether oxygens (including phenoxy) is 1. The fraction of sp³-hybridized carbons (Fsp3) is 0.292. The predicted octanol–water partition coefficient (Wildman–Crippen LogP) is 3.28. The lowest BCUT2D eigenvalue weighted by Gasteiger charge is -2.30. The second kappa shape index (κ2) is 8.61. The number of thiocarbonyl (C=S) groups is 1. The summed E-state index contributed by atoms with van der Waals surface area (Å²) in [4.78, 5) is 29.6. The topological polar surface area (TPSA) is 61.9 Å². The molecule has 2 heterocycles. The van der Waals surface area contributed by atoms with Crippen LogP contribution < -0.4 is 15.1 Å². The number of nitrogens with zero attached hydrogens (tertiary/aromatic N) is 2. The highest BCUT2D eigenvalue weighted by atomic mass is 32.1. The number of benzene rings is 2. The summed E-state index contributed by atoms with van der Waals surface area (Å²) in [6, 6.07) is 11.8. The molecule has 2 saturated heterocycles. The van der Waals surface area contributed by atoms with E-state index in [9.17, 15) is 9.59 Å². The summed E-state index contributed by atoms with van der Waals surface area (Å²) in [6.07, 6.45) is 1.65. The molecule has 0 atom stereocenters. The van der Waals surface area contributed by atoms with Gasteiger partial charge >= 0.3 is 0 Å². The minimum Gasteiger partial charge on any atom is -0.378 e. The second-order valence-corrected chi connectivity index (χ2v) is 8.27. The molecule has 2 fully saturated rings. The third-order valence-corrected chi connectivity index (χ3v) is 5.91. The van der Waals surface area contributed by atoms with Crippen molar-refractivity contribution in [3.63, 3.8) is 0 Å². The van der Waals surface area contributed by atoms with E-state index < -0.39 is 11.8 Å². The van der Waals surface area contributed by atoms with Crippen molar-refractivity contribution in [1.29, 1.82) is 0 Å². The number of anilines is 2. The molecule has 7 heteroatoms. The average molecular weight is 436 g/mol. The van der Waals surface area contributed by atoms with E-state index in [-0.39, 0.29) is 10.7 Å². The van der Waals surface area contributed by atoms with Crippen molar-refractivity contribution in [2.24, 2.45) is 0 Å². The molecule has 0 radical (unpaired) electrons. The Morgan fingerprint density at radius 1 is 1.00 bits per heavy atom. The third kappa shape index (κ3) is 4.24. The van der Waals surface area contributed by atoms with Gasteiger partial charge in [0.1, 0.15) is 5.57 Å². The van der Waals surface area contributed by atoms with E-state index in [1.165, 1.54) is 4.90 Å². The Labute approximate surface area is 187 Å². The van der Waals surface area contributed by atoms with E-state index in [0.717, 1.165) is 41.0 Å². The smallest absolute Gasteiger partial charge is 0.270 e. The minimum atomic E-state index is -0.479. The van der Waals surface area contributed by atoms with Crippen LogP contribution in [0.25, 0.3) is 6.08 Å². The maximum absolute atomic E-state index is 13.3. The highest BCUT2D eigenvalue weighted by Gasteiger charge is 2.35. The summed E-state index contributed by atoms with van der Waals surface area (Å²) >= 11 is 5.32. The molecule has 1 N–H and O–H groups in total. The van der Waals surface area contributed by atoms with Crippen LogP contribution in [0, 0.1) is 20.8 Å². The molecule has 31 heavy (non-hydrogen) atoms. The van der Waals surface area contributed by atoms with Crippen molar-refractivity contribution in [2.45, 2.75) is 20.8 Å². The maximum atomic E-state index is 13.3. The Bertz CT molecular complexity index is 1100. The molecule has 6 nitrogen and oxygen atoms in total. The molecule has 0 bridgehead atoms. The van der Waals surface area contributed by atoms with Crippen molar-refractivity contribution in [1.82, 2.24) is 5.32 Å². The first-order valence-electron chi connectivity index (χ1n) is 10.3. The van der Waals surface area contributed by atoms with Gasteiger partial charge in [-0.1, -0.05) is 23.8 Å². The van der Waals surface area contributed by atoms with Gasteiger partial charge in [-0.15, -0.1) is 0 Å². The Kier molecular flexibility index (Phi) is 5.89. The van der Waals surface area contributed by atoms with Gasteiger partial charge in [-0.05, 0) is 74.0 Å². The van der Waals surface area contributed by atoms with E-state index in [2.05, 4.69) is 16.3 Å². The summed E-state index contributed by atoms with van der Waals surface area (Å²) in [6.45, 7) is 9.03. The summed E-state index contributed by atoms with van der Waals surface area (Å²) in [5.41, 5.74) is 5.67. The van der Waals surface area contributed by atoms with Crippen LogP contribution in [0.3, 0.4) is 0 Å². The number of carbonyl (C=O) groups excluding carboxylic acids is 2. The Balaban J connectivity index is 1.67. The lowest BCUT2D eigenvalue weighted by molar-refractivity contribution is -0.122. The quantitative estimate of drug-likeness (QED) is 0.456. The number of morpholine rings is 1. The lowest BCUT2D eigenvalue weighted by Crippen LogP contribution is -2.54. The van der Waals surface area contributed by atoms with Crippen molar-refractivity contribution in [2.75, 3.05) is 36.1 Å². The number of aryl methyl sites for hydroxylation is 3. The van der Waals surface area contributed by atoms with Gasteiger partial charge in [-0.25, -0.2) is 0 Å². The van der Waals surface area contributed by atoms with Crippen molar-refractivity contribution in [3.05, 3.63) is 64.2 Å². The second-order valence-electron chi connectivity index (χ2n) is 7.89. The molecule has 0 saturated carbocycles. The SMILES string of the molecule is Cc1ccc(N2C(=O)C(=Cc3ccc(N4CCOCC4)cc3C)C(=O)NC2=S)c(C)c1. The Morgan fingerprint density at radius 2 is 1.74 bits per heavy atom. The lowest BCUT2D eigenvalue weighted by atomic mass is 10.0. The number of amides is 2. The van der Waals surface area contributed by atoms with Gasteiger partial charge in [0.25, 0.3) is 11.8 Å². The molecule has 0 aliphatic carbocycles. The monoisotopic (exact) mass is 435 g/mol. The van der Waals surface area contributed by atoms with Gasteiger partial charge in [0, 0.05) is 18.8 Å². The standard InChI is InChI=1S/C24H25N3O3S/c1-15-4-7-21(17(3)12-15)27-23(29)20(22(28)25-24(27)31)14-18-5-6-19(13-16(18)2)26-8-10-30-11-9-26/h4-7,12-14H,8-11H2,1-3H3,(H,25,28,31). The molecule has 160 valence electrons. The Hall–Kier alpha value is -3.03. The van der Waals surface area contributed by atoms with Crippen molar-refractivity contribution >= 4 is 46.6 Å². The zero-order valence-electron chi connectivity index (χ0n) is 17.9. The number of rotatable bonds is 3. The van der Waals surface area contributed by atoms with Crippen molar-refractivity contribution < 1.29 is 14.3 Å². The van der Waals surface area contributed by atoms with Crippen molar-refractivity contribution in [3.8, 4) is 0 Å². The van der Waals surface area contributed by atoms with Crippen LogP contribution in [-0.4, -0.2) is 43.2 Å². The van der Waals surface area contributed by atoms with E-state index >= 15 is 0 Å². The van der Waals surface area contributed by atoms with Crippen LogP contribution in [0.2, 0.25) is 0 Å². The summed E-state index contributed by atoms with van der Waals surface area (Å²) in [7, 11) is 0. The summed E-state index contributed by atoms with van der Waals surface area (Å²) in [5.74, 6) is -0.898. The van der Waals surface area contributed by atoms with E-state index in [1.807, 2.05) is 51.1 Å².